The van der Waals surface area contributed by atoms with E-state index in [0.29, 0.717) is 6.04 Å². The van der Waals surface area contributed by atoms with Gasteiger partial charge in [0.1, 0.15) is 12.1 Å². The first-order valence-electron chi connectivity index (χ1n) is 4.50. The van der Waals surface area contributed by atoms with Crippen LogP contribution in [0, 0.1) is 6.92 Å². The summed E-state index contributed by atoms with van der Waals surface area (Å²) < 4.78 is 0. The molecule has 1 N–H and O–H groups in total. The van der Waals surface area contributed by atoms with Crippen molar-refractivity contribution < 1.29 is 0 Å². The van der Waals surface area contributed by atoms with Gasteiger partial charge in [0.05, 0.1) is 0 Å². The normalized spacial score (nSPS) is 14.9. The molecule has 15 heavy (non-hydrogen) atoms. The van der Waals surface area contributed by atoms with Crippen molar-refractivity contribution >= 4 is 30.6 Å². The van der Waals surface area contributed by atoms with Gasteiger partial charge in [0.25, 0.3) is 0 Å². The Kier molecular flexibility index (Phi) is 5.87. The molecule has 1 aliphatic heterocycles. The summed E-state index contributed by atoms with van der Waals surface area (Å²) in [5.74, 6) is 1.07. The van der Waals surface area contributed by atoms with Gasteiger partial charge in [0.2, 0.25) is 0 Å². The van der Waals surface area contributed by atoms with E-state index in [0.717, 1.165) is 24.5 Å². The summed E-state index contributed by atoms with van der Waals surface area (Å²) >= 11 is 0. The molecule has 1 fully saturated rings. The molecule has 86 valence electrons. The SMILES string of the molecule is CNC1CN(c2ncncc2C)C1.Cl.Cl. The van der Waals surface area contributed by atoms with Crippen LogP contribution < -0.4 is 10.2 Å². The van der Waals surface area contributed by atoms with Crippen molar-refractivity contribution in [1.29, 1.82) is 0 Å². The maximum Gasteiger partial charge on any atom is 0.134 e. The summed E-state index contributed by atoms with van der Waals surface area (Å²) in [6.45, 7) is 4.14. The Morgan fingerprint density at radius 2 is 2.07 bits per heavy atom. The van der Waals surface area contributed by atoms with Crippen LogP contribution in [0.2, 0.25) is 0 Å². The molecular weight excluding hydrogens is 235 g/mol. The molecule has 6 heteroatoms. The number of anilines is 1. The summed E-state index contributed by atoms with van der Waals surface area (Å²) in [6, 6.07) is 0.620. The molecule has 0 spiro atoms. The number of hydrogen-bond donors (Lipinski definition) is 1. The van der Waals surface area contributed by atoms with Gasteiger partial charge < -0.3 is 10.2 Å². The van der Waals surface area contributed by atoms with Gasteiger partial charge in [-0.1, -0.05) is 0 Å². The van der Waals surface area contributed by atoms with Crippen molar-refractivity contribution in [2.75, 3.05) is 25.0 Å². The van der Waals surface area contributed by atoms with Crippen LogP contribution in [0.25, 0.3) is 0 Å². The molecule has 0 aliphatic carbocycles. The van der Waals surface area contributed by atoms with Crippen molar-refractivity contribution in [3.05, 3.63) is 18.1 Å². The third-order valence-electron chi connectivity index (χ3n) is 2.46. The van der Waals surface area contributed by atoms with E-state index in [1.165, 1.54) is 0 Å². The van der Waals surface area contributed by atoms with E-state index in [-0.39, 0.29) is 24.8 Å². The third-order valence-corrected chi connectivity index (χ3v) is 2.46. The fourth-order valence-electron chi connectivity index (χ4n) is 1.56. The Morgan fingerprint density at radius 3 is 2.60 bits per heavy atom. The van der Waals surface area contributed by atoms with Gasteiger partial charge in [-0.15, -0.1) is 24.8 Å². The van der Waals surface area contributed by atoms with E-state index in [2.05, 4.69) is 20.2 Å². The molecule has 4 nitrogen and oxygen atoms in total. The molecule has 0 unspecified atom stereocenters. The molecule has 1 aliphatic rings. The van der Waals surface area contributed by atoms with Gasteiger partial charge in [-0.2, -0.15) is 0 Å². The van der Waals surface area contributed by atoms with E-state index in [1.807, 2.05) is 20.2 Å². The Bertz CT molecular complexity index is 302. The number of nitrogens with zero attached hydrogens (tertiary/aromatic N) is 3. The Morgan fingerprint density at radius 1 is 1.40 bits per heavy atom. The average Bonchev–Trinajstić information content (AvgIpc) is 2.06. The lowest BCUT2D eigenvalue weighted by atomic mass is 10.1. The van der Waals surface area contributed by atoms with Crippen LogP contribution in [0.1, 0.15) is 5.56 Å². The molecule has 0 amide bonds. The number of nitrogens with one attached hydrogen (secondary N) is 1. The molecule has 2 heterocycles. The maximum absolute atomic E-state index is 4.26. The lowest BCUT2D eigenvalue weighted by molar-refractivity contribution is 0.446. The lowest BCUT2D eigenvalue weighted by Crippen LogP contribution is -2.57. The second-order valence-corrected chi connectivity index (χ2v) is 3.42. The van der Waals surface area contributed by atoms with Gasteiger partial charge in [-0.25, -0.2) is 9.97 Å². The van der Waals surface area contributed by atoms with Gasteiger partial charge in [0.15, 0.2) is 0 Å². The second kappa shape index (κ2) is 6.10. The molecule has 2 rings (SSSR count). The Hall–Kier alpha value is -0.580. The highest BCUT2D eigenvalue weighted by Crippen LogP contribution is 2.20. The summed E-state index contributed by atoms with van der Waals surface area (Å²) in [5.41, 5.74) is 1.15. The van der Waals surface area contributed by atoms with E-state index in [1.54, 1.807) is 6.33 Å². The summed E-state index contributed by atoms with van der Waals surface area (Å²) in [5, 5.41) is 3.24. The van der Waals surface area contributed by atoms with Crippen molar-refractivity contribution in [3.8, 4) is 0 Å². The molecule has 1 aromatic heterocycles. The Labute approximate surface area is 102 Å². The molecule has 0 atom stereocenters. The standard InChI is InChI=1S/C9H14N4.2ClH/c1-7-3-11-6-12-9(7)13-4-8(5-13)10-2;;/h3,6,8,10H,4-5H2,1-2H3;2*1H. The topological polar surface area (TPSA) is 41.0 Å². The van der Waals surface area contributed by atoms with E-state index in [9.17, 15) is 0 Å². The molecule has 0 saturated carbocycles. The summed E-state index contributed by atoms with van der Waals surface area (Å²) in [7, 11) is 1.99. The minimum Gasteiger partial charge on any atom is -0.353 e. The van der Waals surface area contributed by atoms with Crippen LogP contribution in [0.15, 0.2) is 12.5 Å². The number of aromatic nitrogens is 2. The third kappa shape index (κ3) is 2.93. The van der Waals surface area contributed by atoms with Crippen LogP contribution in [0.3, 0.4) is 0 Å². The predicted octanol–water partition coefficient (Wildman–Crippen LogP) is 1.04. The number of likely N-dealkylation sites (N-methyl/N-ethyl adjacent to an activating group) is 1. The quantitative estimate of drug-likeness (QED) is 0.852. The highest BCUT2D eigenvalue weighted by Gasteiger charge is 2.26. The van der Waals surface area contributed by atoms with Crippen LogP contribution in [-0.4, -0.2) is 36.1 Å². The Balaban J connectivity index is 0.000000980. The fourth-order valence-corrected chi connectivity index (χ4v) is 1.56. The molecule has 1 saturated heterocycles. The second-order valence-electron chi connectivity index (χ2n) is 3.42. The van der Waals surface area contributed by atoms with Crippen molar-refractivity contribution in [2.45, 2.75) is 13.0 Å². The highest BCUT2D eigenvalue weighted by atomic mass is 35.5. The first-order chi connectivity index (χ1) is 6.31. The van der Waals surface area contributed by atoms with Gasteiger partial charge in [0, 0.05) is 30.9 Å². The van der Waals surface area contributed by atoms with Crippen LogP contribution in [-0.2, 0) is 0 Å². The zero-order chi connectivity index (χ0) is 9.26. The zero-order valence-electron chi connectivity index (χ0n) is 8.80. The lowest BCUT2D eigenvalue weighted by Gasteiger charge is -2.40. The molecule has 0 aromatic carbocycles. The fraction of sp³-hybridized carbons (Fsp3) is 0.556. The van der Waals surface area contributed by atoms with Gasteiger partial charge >= 0.3 is 0 Å². The zero-order valence-corrected chi connectivity index (χ0v) is 10.4. The first-order valence-corrected chi connectivity index (χ1v) is 4.50. The maximum atomic E-state index is 4.26. The van der Waals surface area contributed by atoms with Gasteiger partial charge in [-0.05, 0) is 14.0 Å². The average molecular weight is 251 g/mol. The van der Waals surface area contributed by atoms with E-state index in [4.69, 9.17) is 0 Å². The summed E-state index contributed by atoms with van der Waals surface area (Å²) in [4.78, 5) is 10.5. The smallest absolute Gasteiger partial charge is 0.134 e. The predicted molar refractivity (Wildman–Crippen MR) is 66.3 cm³/mol. The van der Waals surface area contributed by atoms with E-state index < -0.39 is 0 Å². The number of aryl methyl sites for hydroxylation is 1. The number of hydrogen-bond acceptors (Lipinski definition) is 4. The van der Waals surface area contributed by atoms with Crippen molar-refractivity contribution in [1.82, 2.24) is 15.3 Å². The number of halogens is 2. The molecular formula is C9H16Cl2N4. The molecule has 0 radical (unpaired) electrons. The largest absolute Gasteiger partial charge is 0.353 e. The summed E-state index contributed by atoms with van der Waals surface area (Å²) in [6.07, 6.45) is 3.46. The minimum absolute atomic E-state index is 0. The first kappa shape index (κ1) is 14.4. The molecule has 1 aromatic rings. The van der Waals surface area contributed by atoms with Crippen LogP contribution in [0.4, 0.5) is 5.82 Å². The monoisotopic (exact) mass is 250 g/mol. The van der Waals surface area contributed by atoms with Crippen molar-refractivity contribution in [2.24, 2.45) is 0 Å². The van der Waals surface area contributed by atoms with E-state index >= 15 is 0 Å². The minimum atomic E-state index is 0. The van der Waals surface area contributed by atoms with Gasteiger partial charge in [-0.3, -0.25) is 0 Å². The highest BCUT2D eigenvalue weighted by molar-refractivity contribution is 5.85. The van der Waals surface area contributed by atoms with Crippen molar-refractivity contribution in [3.63, 3.8) is 0 Å². The van der Waals surface area contributed by atoms with Crippen LogP contribution in [0.5, 0.6) is 0 Å². The molecule has 0 bridgehead atoms. The van der Waals surface area contributed by atoms with Crippen LogP contribution >= 0.6 is 24.8 Å². The number of rotatable bonds is 2.